The number of fused-ring (bicyclic) bond motifs is 9. The molecule has 3 heteroatoms. The van der Waals surface area contributed by atoms with Crippen LogP contribution in [0.25, 0.3) is 44.1 Å². The lowest BCUT2D eigenvalue weighted by Gasteiger charge is -2.48. The highest BCUT2D eigenvalue weighted by atomic mass is 16.3. The number of hydrogen-bond donors (Lipinski definition) is 0. The van der Waals surface area contributed by atoms with Crippen LogP contribution in [0.3, 0.4) is 0 Å². The fraction of sp³-hybridized carbons (Fsp3) is 0.333. The van der Waals surface area contributed by atoms with Crippen LogP contribution in [0.4, 0.5) is 0 Å². The minimum Gasteiger partial charge on any atom is -0.438 e. The summed E-state index contributed by atoms with van der Waals surface area (Å²) in [6.45, 7) is 16.0. The van der Waals surface area contributed by atoms with Gasteiger partial charge in [0.05, 0.1) is 16.8 Å². The Morgan fingerprint density at radius 1 is 0.788 bits per heavy atom. The highest BCUT2D eigenvalue weighted by molar-refractivity contribution is 6.20. The van der Waals surface area contributed by atoms with E-state index in [0.717, 1.165) is 28.1 Å². The number of benzene rings is 2. The number of hydrogen-bond acceptors (Lipinski definition) is 3. The van der Waals surface area contributed by atoms with E-state index in [-0.39, 0.29) is 16.2 Å². The van der Waals surface area contributed by atoms with Crippen molar-refractivity contribution in [1.29, 1.82) is 0 Å². The third-order valence-electron chi connectivity index (χ3n) is 8.14. The van der Waals surface area contributed by atoms with Crippen molar-refractivity contribution in [3.63, 3.8) is 0 Å². The first-order valence-corrected chi connectivity index (χ1v) is 11.8. The number of nitrogens with zero attached hydrogens (tertiary/aromatic N) is 2. The van der Waals surface area contributed by atoms with Gasteiger partial charge in [0.15, 0.2) is 0 Å². The highest BCUT2D eigenvalue weighted by Gasteiger charge is 2.48. The van der Waals surface area contributed by atoms with E-state index in [2.05, 4.69) is 97.0 Å². The standard InChI is InChI=1S/C30H30N2O/c1-28(2,3)26-18-12-9-8-11-17(18)22-23-21(33-27(22)32-26)15-14-19-24(23)30(6,7)29(4,5)20-13-10-16-31-25(19)20/h8-16H,1-7H3. The van der Waals surface area contributed by atoms with Crippen LogP contribution >= 0.6 is 0 Å². The topological polar surface area (TPSA) is 38.9 Å². The molecule has 0 unspecified atom stereocenters. The van der Waals surface area contributed by atoms with E-state index in [1.165, 1.54) is 32.8 Å². The molecule has 3 nitrogen and oxygen atoms in total. The van der Waals surface area contributed by atoms with Crippen molar-refractivity contribution >= 4 is 32.8 Å². The fourth-order valence-corrected chi connectivity index (χ4v) is 5.77. The van der Waals surface area contributed by atoms with Gasteiger partial charge in [-0.25, -0.2) is 4.98 Å². The molecule has 0 atom stereocenters. The van der Waals surface area contributed by atoms with Crippen molar-refractivity contribution in [2.75, 3.05) is 0 Å². The van der Waals surface area contributed by atoms with Gasteiger partial charge in [-0.05, 0) is 34.7 Å². The predicted molar refractivity (Wildman–Crippen MR) is 137 cm³/mol. The summed E-state index contributed by atoms with van der Waals surface area (Å²) < 4.78 is 6.48. The van der Waals surface area contributed by atoms with E-state index in [0.29, 0.717) is 0 Å². The van der Waals surface area contributed by atoms with E-state index < -0.39 is 0 Å². The van der Waals surface area contributed by atoms with E-state index in [4.69, 9.17) is 14.4 Å². The molecule has 0 N–H and O–H groups in total. The lowest BCUT2D eigenvalue weighted by molar-refractivity contribution is 0.300. The molecule has 33 heavy (non-hydrogen) atoms. The third kappa shape index (κ3) is 2.51. The molecule has 0 saturated carbocycles. The summed E-state index contributed by atoms with van der Waals surface area (Å²) in [6, 6.07) is 17.2. The van der Waals surface area contributed by atoms with Gasteiger partial charge in [-0.1, -0.05) is 78.8 Å². The Kier molecular flexibility index (Phi) is 3.85. The van der Waals surface area contributed by atoms with Crippen molar-refractivity contribution in [1.82, 2.24) is 9.97 Å². The molecular formula is C30H30N2O. The van der Waals surface area contributed by atoms with E-state index in [9.17, 15) is 0 Å². The van der Waals surface area contributed by atoms with Crippen molar-refractivity contribution in [2.45, 2.75) is 64.7 Å². The largest absolute Gasteiger partial charge is 0.438 e. The average molecular weight is 435 g/mol. The van der Waals surface area contributed by atoms with Crippen molar-refractivity contribution in [3.05, 3.63) is 71.5 Å². The summed E-state index contributed by atoms with van der Waals surface area (Å²) in [4.78, 5) is 9.96. The van der Waals surface area contributed by atoms with Crippen molar-refractivity contribution < 1.29 is 4.42 Å². The van der Waals surface area contributed by atoms with Crippen LogP contribution in [0.5, 0.6) is 0 Å². The number of rotatable bonds is 0. The molecule has 1 aliphatic rings. The van der Waals surface area contributed by atoms with E-state index in [1.807, 2.05) is 6.20 Å². The maximum Gasteiger partial charge on any atom is 0.228 e. The van der Waals surface area contributed by atoms with E-state index in [1.54, 1.807) is 0 Å². The maximum atomic E-state index is 6.48. The molecule has 3 aromatic heterocycles. The molecule has 0 radical (unpaired) electrons. The molecule has 0 amide bonds. The van der Waals surface area contributed by atoms with Gasteiger partial charge in [0, 0.05) is 38.8 Å². The predicted octanol–water partition coefficient (Wildman–Crippen LogP) is 8.06. The monoisotopic (exact) mass is 434 g/mol. The zero-order valence-corrected chi connectivity index (χ0v) is 20.5. The average Bonchev–Trinajstić information content (AvgIpc) is 3.15. The molecule has 0 spiro atoms. The highest BCUT2D eigenvalue weighted by Crippen LogP contribution is 2.56. The lowest BCUT2D eigenvalue weighted by Crippen LogP contribution is -2.43. The van der Waals surface area contributed by atoms with Gasteiger partial charge in [0.1, 0.15) is 5.58 Å². The summed E-state index contributed by atoms with van der Waals surface area (Å²) in [7, 11) is 0. The lowest BCUT2D eigenvalue weighted by atomic mass is 9.55. The fourth-order valence-electron chi connectivity index (χ4n) is 5.77. The second kappa shape index (κ2) is 6.22. The molecule has 1 aliphatic carbocycles. The van der Waals surface area contributed by atoms with Gasteiger partial charge in [-0.3, -0.25) is 4.98 Å². The Labute approximate surface area is 194 Å². The molecule has 0 fully saturated rings. The summed E-state index contributed by atoms with van der Waals surface area (Å²) >= 11 is 0. The van der Waals surface area contributed by atoms with Crippen LogP contribution < -0.4 is 0 Å². The van der Waals surface area contributed by atoms with Gasteiger partial charge < -0.3 is 4.42 Å². The summed E-state index contributed by atoms with van der Waals surface area (Å²) in [6.07, 6.45) is 1.90. The Bertz CT molecular complexity index is 1600. The van der Waals surface area contributed by atoms with E-state index >= 15 is 0 Å². The molecule has 0 bridgehead atoms. The summed E-state index contributed by atoms with van der Waals surface area (Å²) in [5.74, 6) is 0. The maximum absolute atomic E-state index is 6.48. The second-order valence-corrected chi connectivity index (χ2v) is 11.5. The molecule has 0 saturated heterocycles. The van der Waals surface area contributed by atoms with Gasteiger partial charge in [0.25, 0.3) is 0 Å². The second-order valence-electron chi connectivity index (χ2n) is 11.5. The van der Waals surface area contributed by atoms with Crippen LogP contribution in [-0.2, 0) is 16.2 Å². The zero-order valence-electron chi connectivity index (χ0n) is 20.5. The Hall–Kier alpha value is -3.20. The van der Waals surface area contributed by atoms with Crippen molar-refractivity contribution in [2.24, 2.45) is 0 Å². The molecule has 3 heterocycles. The number of furan rings is 1. The summed E-state index contributed by atoms with van der Waals surface area (Å²) in [5.41, 5.74) is 7.26. The van der Waals surface area contributed by atoms with Crippen LogP contribution in [0.1, 0.15) is 65.3 Å². The molecule has 0 aliphatic heterocycles. The first kappa shape index (κ1) is 20.4. The first-order chi connectivity index (χ1) is 15.5. The molecule has 5 aromatic rings. The molecule has 2 aromatic carbocycles. The van der Waals surface area contributed by atoms with Gasteiger partial charge >= 0.3 is 0 Å². The van der Waals surface area contributed by atoms with Crippen molar-refractivity contribution in [3.8, 4) is 11.3 Å². The Morgan fingerprint density at radius 2 is 1.52 bits per heavy atom. The normalized spacial score (nSPS) is 16.8. The third-order valence-corrected chi connectivity index (χ3v) is 8.14. The minimum absolute atomic E-state index is 0.0870. The van der Waals surface area contributed by atoms with Gasteiger partial charge in [-0.2, -0.15) is 0 Å². The minimum atomic E-state index is -0.140. The number of aromatic nitrogens is 2. The smallest absolute Gasteiger partial charge is 0.228 e. The van der Waals surface area contributed by atoms with Crippen LogP contribution in [-0.4, -0.2) is 9.97 Å². The quantitative estimate of drug-likeness (QED) is 0.247. The number of pyridine rings is 2. The van der Waals surface area contributed by atoms with Crippen LogP contribution in [0, 0.1) is 0 Å². The molecular weight excluding hydrogens is 404 g/mol. The van der Waals surface area contributed by atoms with Crippen LogP contribution in [0.2, 0.25) is 0 Å². The molecule has 6 rings (SSSR count). The van der Waals surface area contributed by atoms with Gasteiger partial charge in [-0.15, -0.1) is 0 Å². The Morgan fingerprint density at radius 3 is 2.24 bits per heavy atom. The Balaban J connectivity index is 1.87. The summed E-state index contributed by atoms with van der Waals surface area (Å²) in [5, 5.41) is 4.71. The molecule has 166 valence electrons. The van der Waals surface area contributed by atoms with Crippen LogP contribution in [0.15, 0.2) is 59.1 Å². The van der Waals surface area contributed by atoms with Gasteiger partial charge in [0.2, 0.25) is 5.71 Å². The zero-order chi connectivity index (χ0) is 23.3. The SMILES string of the molecule is CC(C)(C)c1nc2oc3ccc4c(c3c2c2ccccc12)C(C)(C)C(C)(C)c1cccnc1-4. The first-order valence-electron chi connectivity index (χ1n) is 11.8.